The highest BCUT2D eigenvalue weighted by Crippen LogP contribution is 2.19. The zero-order valence-electron chi connectivity index (χ0n) is 8.99. The molecule has 1 amide bonds. The van der Waals surface area contributed by atoms with E-state index in [9.17, 15) is 9.59 Å². The van der Waals surface area contributed by atoms with E-state index in [1.807, 2.05) is 0 Å². The Labute approximate surface area is 89.7 Å². The third-order valence-electron chi connectivity index (χ3n) is 2.30. The van der Waals surface area contributed by atoms with Crippen molar-refractivity contribution in [1.29, 1.82) is 0 Å². The summed E-state index contributed by atoms with van der Waals surface area (Å²) in [6.45, 7) is 2.06. The second-order valence-corrected chi connectivity index (χ2v) is 3.55. The minimum Gasteiger partial charge on any atom is -0.465 e. The molecule has 1 N–H and O–H groups in total. The molecular weight excluding hydrogens is 194 g/mol. The molecule has 0 aromatic rings. The van der Waals surface area contributed by atoms with Crippen LogP contribution in [0.5, 0.6) is 0 Å². The number of carbonyl (C=O) groups excluding carboxylic acids is 2. The summed E-state index contributed by atoms with van der Waals surface area (Å²) >= 11 is 0. The van der Waals surface area contributed by atoms with Gasteiger partial charge < -0.3 is 10.1 Å². The molecule has 0 radical (unpaired) electrons. The van der Waals surface area contributed by atoms with Crippen molar-refractivity contribution in [2.75, 3.05) is 13.2 Å². The minimum absolute atomic E-state index is 0.0247. The van der Waals surface area contributed by atoms with Gasteiger partial charge in [0, 0.05) is 6.42 Å². The maximum absolute atomic E-state index is 11.4. The van der Waals surface area contributed by atoms with Crippen LogP contribution in [-0.4, -0.2) is 25.0 Å². The predicted molar refractivity (Wildman–Crippen MR) is 56.1 cm³/mol. The van der Waals surface area contributed by atoms with E-state index in [-0.39, 0.29) is 18.4 Å². The van der Waals surface area contributed by atoms with Crippen molar-refractivity contribution in [1.82, 2.24) is 5.32 Å². The standard InChI is InChI=1S/C11H17NO3/c1-2-15-11(14)8-12-10(13)7-9-5-3-4-6-9/h3,5,9H,2,4,6-8H2,1H3,(H,12,13). The molecule has 0 saturated carbocycles. The number of hydrogen-bond acceptors (Lipinski definition) is 3. The maximum Gasteiger partial charge on any atom is 0.325 e. The fraction of sp³-hybridized carbons (Fsp3) is 0.636. The minimum atomic E-state index is -0.382. The monoisotopic (exact) mass is 211 g/mol. The number of amides is 1. The van der Waals surface area contributed by atoms with Crippen LogP contribution in [-0.2, 0) is 14.3 Å². The molecule has 0 aliphatic heterocycles. The number of allylic oxidation sites excluding steroid dienone is 2. The van der Waals surface area contributed by atoms with Crippen molar-refractivity contribution in [2.45, 2.75) is 26.2 Å². The van der Waals surface area contributed by atoms with Crippen LogP contribution in [0.3, 0.4) is 0 Å². The second kappa shape index (κ2) is 6.22. The van der Waals surface area contributed by atoms with Gasteiger partial charge in [-0.05, 0) is 25.7 Å². The zero-order valence-corrected chi connectivity index (χ0v) is 8.99. The smallest absolute Gasteiger partial charge is 0.325 e. The molecule has 0 bridgehead atoms. The summed E-state index contributed by atoms with van der Waals surface area (Å²) in [5.74, 6) is -0.125. The van der Waals surface area contributed by atoms with Crippen LogP contribution in [0.4, 0.5) is 0 Å². The third kappa shape index (κ3) is 4.63. The van der Waals surface area contributed by atoms with Gasteiger partial charge in [-0.3, -0.25) is 9.59 Å². The largest absolute Gasteiger partial charge is 0.465 e. The van der Waals surface area contributed by atoms with Gasteiger partial charge in [0.2, 0.25) is 5.91 Å². The number of nitrogens with one attached hydrogen (secondary N) is 1. The number of carbonyl (C=O) groups is 2. The second-order valence-electron chi connectivity index (χ2n) is 3.55. The van der Waals surface area contributed by atoms with Crippen LogP contribution in [0.25, 0.3) is 0 Å². The molecule has 0 heterocycles. The number of esters is 1. The van der Waals surface area contributed by atoms with Crippen LogP contribution in [0.1, 0.15) is 26.2 Å². The SMILES string of the molecule is CCOC(=O)CNC(=O)CC1C=CCC1. The molecule has 0 aromatic heterocycles. The molecule has 1 aliphatic rings. The Balaban J connectivity index is 2.13. The third-order valence-corrected chi connectivity index (χ3v) is 2.30. The summed E-state index contributed by atoms with van der Waals surface area (Å²) in [5.41, 5.74) is 0. The molecule has 84 valence electrons. The molecular formula is C11H17NO3. The molecule has 4 nitrogen and oxygen atoms in total. The molecule has 0 aromatic carbocycles. The topological polar surface area (TPSA) is 55.4 Å². The zero-order chi connectivity index (χ0) is 11.1. The summed E-state index contributed by atoms with van der Waals surface area (Å²) in [6.07, 6.45) is 6.70. The van der Waals surface area contributed by atoms with Crippen LogP contribution >= 0.6 is 0 Å². The van der Waals surface area contributed by atoms with Gasteiger partial charge >= 0.3 is 5.97 Å². The average Bonchev–Trinajstić information content (AvgIpc) is 2.68. The van der Waals surface area contributed by atoms with Crippen molar-refractivity contribution < 1.29 is 14.3 Å². The van der Waals surface area contributed by atoms with E-state index in [0.29, 0.717) is 18.9 Å². The van der Waals surface area contributed by atoms with Crippen LogP contribution in [0, 0.1) is 5.92 Å². The molecule has 0 saturated heterocycles. The van der Waals surface area contributed by atoms with Gasteiger partial charge in [-0.2, -0.15) is 0 Å². The molecule has 0 fully saturated rings. The van der Waals surface area contributed by atoms with Gasteiger partial charge in [0.05, 0.1) is 6.61 Å². The first-order chi connectivity index (χ1) is 7.22. The molecule has 1 unspecified atom stereocenters. The van der Waals surface area contributed by atoms with Crippen molar-refractivity contribution in [3.63, 3.8) is 0 Å². The number of ether oxygens (including phenoxy) is 1. The fourth-order valence-corrected chi connectivity index (χ4v) is 1.56. The fourth-order valence-electron chi connectivity index (χ4n) is 1.56. The van der Waals surface area contributed by atoms with E-state index in [0.717, 1.165) is 12.8 Å². The van der Waals surface area contributed by atoms with E-state index >= 15 is 0 Å². The molecule has 15 heavy (non-hydrogen) atoms. The Hall–Kier alpha value is -1.32. The summed E-state index contributed by atoms with van der Waals surface area (Å²) in [5, 5.41) is 2.55. The number of rotatable bonds is 5. The highest BCUT2D eigenvalue weighted by molar-refractivity contribution is 5.82. The Kier molecular flexibility index (Phi) is 4.87. The van der Waals surface area contributed by atoms with E-state index in [1.54, 1.807) is 6.92 Å². The van der Waals surface area contributed by atoms with Gasteiger partial charge in [-0.15, -0.1) is 0 Å². The Morgan fingerprint density at radius 3 is 2.93 bits per heavy atom. The molecule has 0 spiro atoms. The normalized spacial score (nSPS) is 18.9. The van der Waals surface area contributed by atoms with Crippen LogP contribution in [0.2, 0.25) is 0 Å². The van der Waals surface area contributed by atoms with E-state index < -0.39 is 0 Å². The molecule has 1 aliphatic carbocycles. The van der Waals surface area contributed by atoms with Crippen LogP contribution < -0.4 is 5.32 Å². The lowest BCUT2D eigenvalue weighted by Crippen LogP contribution is -2.31. The first-order valence-electron chi connectivity index (χ1n) is 5.31. The lowest BCUT2D eigenvalue weighted by Gasteiger charge is -2.08. The molecule has 1 atom stereocenters. The van der Waals surface area contributed by atoms with Gasteiger partial charge in [-0.1, -0.05) is 12.2 Å². The van der Waals surface area contributed by atoms with Gasteiger partial charge in [0.1, 0.15) is 6.54 Å². The van der Waals surface area contributed by atoms with Crippen molar-refractivity contribution >= 4 is 11.9 Å². The first kappa shape index (κ1) is 11.8. The van der Waals surface area contributed by atoms with Gasteiger partial charge in [0.15, 0.2) is 0 Å². The lowest BCUT2D eigenvalue weighted by atomic mass is 10.1. The molecule has 1 rings (SSSR count). The number of hydrogen-bond donors (Lipinski definition) is 1. The van der Waals surface area contributed by atoms with Gasteiger partial charge in [0.25, 0.3) is 0 Å². The highest BCUT2D eigenvalue weighted by atomic mass is 16.5. The van der Waals surface area contributed by atoms with E-state index in [1.165, 1.54) is 0 Å². The van der Waals surface area contributed by atoms with Crippen molar-refractivity contribution in [3.05, 3.63) is 12.2 Å². The Bertz CT molecular complexity index is 261. The first-order valence-corrected chi connectivity index (χ1v) is 5.31. The Morgan fingerprint density at radius 1 is 1.53 bits per heavy atom. The maximum atomic E-state index is 11.4. The Morgan fingerprint density at radius 2 is 2.33 bits per heavy atom. The van der Waals surface area contributed by atoms with E-state index in [4.69, 9.17) is 4.74 Å². The quantitative estimate of drug-likeness (QED) is 0.545. The summed E-state index contributed by atoms with van der Waals surface area (Å²) in [4.78, 5) is 22.3. The van der Waals surface area contributed by atoms with Crippen LogP contribution in [0.15, 0.2) is 12.2 Å². The lowest BCUT2D eigenvalue weighted by molar-refractivity contribution is -0.143. The van der Waals surface area contributed by atoms with E-state index in [2.05, 4.69) is 17.5 Å². The molecule has 4 heteroatoms. The predicted octanol–water partition coefficient (Wildman–Crippen LogP) is 1.02. The van der Waals surface area contributed by atoms with Gasteiger partial charge in [-0.25, -0.2) is 0 Å². The summed E-state index contributed by atoms with van der Waals surface area (Å²) in [6, 6.07) is 0. The average molecular weight is 211 g/mol. The van der Waals surface area contributed by atoms with Crippen molar-refractivity contribution in [3.8, 4) is 0 Å². The summed E-state index contributed by atoms with van der Waals surface area (Å²) < 4.78 is 4.69. The highest BCUT2D eigenvalue weighted by Gasteiger charge is 2.14. The summed E-state index contributed by atoms with van der Waals surface area (Å²) in [7, 11) is 0. The van der Waals surface area contributed by atoms with Crippen molar-refractivity contribution in [2.24, 2.45) is 5.92 Å².